The Kier molecular flexibility index (Phi) is 110. The third-order valence-corrected chi connectivity index (χ3v) is 13.4. The van der Waals surface area contributed by atoms with Gasteiger partial charge in [0, 0.05) is 654 Å². The van der Waals surface area contributed by atoms with Crippen molar-refractivity contribution >= 4 is 13.7 Å². The van der Waals surface area contributed by atoms with Gasteiger partial charge in [-0.1, -0.05) is 45.3 Å². The molecule has 301 valence electrons. The molecule has 11 atom stereocenters. The van der Waals surface area contributed by atoms with Crippen molar-refractivity contribution in [3.8, 4) is 0 Å². The molecule has 8 nitrogen and oxygen atoms in total. The Hall–Kier alpha value is 20.1. The van der Waals surface area contributed by atoms with Crippen molar-refractivity contribution in [1.29, 1.82) is 0 Å². The molecular weight excluding hydrogens is 2250 g/mol. The fourth-order valence-electron chi connectivity index (χ4n) is 10.3. The Bertz CT molecular complexity index is 1150. The zero-order chi connectivity index (χ0) is 30.5. The third-order valence-electron chi connectivity index (χ3n) is 12.8. The SMILES string of the molecule is C[C@@H]1CC[C@@]2(C[C@H]3[C@H](C[C@H]4[C@@H]5CC=C6C[C@@H](OC(=O)NCCCCCCOP(C)(=O)O)CC[C@]6(C)[C@H]5CC[C@@]43C)O2)OC1.[Y].[Y].[Y].[Y].[Y].[Y].[Y].[Y].[Y].[Y].[Y].[Y].[Y].[Y].[Y].[Y].[Y].[Y].[Y]. The number of allylic oxidation sites excluding steroid dienone is 1. The molecule has 0 aromatic rings. The standard InChI is InChI=1S/C34H56NO7P.19Y/c1-23-11-16-34(39-22-23)21-29-30(42-34)20-28-26-10-9-24-19-25(12-14-32(24,2)27(26)13-15-33(28,29)3)41-31(36)35-17-7-5-6-8-18-40-43(4,37)38;;;;;;;;;;;;;;;;;;;/h9,23,25-30H,5-8,10-22H2,1-4H3,(H,35,36)(H,37,38);;;;;;;;;;;;;;;;;;;/t23-,25+,26-,27+,28+,29+,30+,32+,33+,34-;;;;;;;;;;;;;;;;;;;/m1.................../s1. The van der Waals surface area contributed by atoms with E-state index in [2.05, 4.69) is 32.2 Å². The van der Waals surface area contributed by atoms with Crippen molar-refractivity contribution < 1.29 is 654 Å². The first kappa shape index (κ1) is 116. The molecule has 19 radical (unpaired) electrons. The second-order valence-electron chi connectivity index (χ2n) is 15.6. The Morgan fingerprint density at radius 1 is 0.774 bits per heavy atom. The number of unbranched alkanes of at least 4 members (excludes halogenated alkanes) is 3. The van der Waals surface area contributed by atoms with Gasteiger partial charge >= 0.3 is 13.7 Å². The van der Waals surface area contributed by atoms with Crippen molar-refractivity contribution in [3.05, 3.63) is 11.6 Å². The molecule has 6 rings (SSSR count). The van der Waals surface area contributed by atoms with Crippen LogP contribution in [0.3, 0.4) is 0 Å². The first-order valence-electron chi connectivity index (χ1n) is 17.3. The van der Waals surface area contributed by atoms with Gasteiger partial charge < -0.3 is 28.9 Å². The minimum atomic E-state index is -3.38. The fourth-order valence-corrected chi connectivity index (χ4v) is 10.8. The van der Waals surface area contributed by atoms with Crippen LogP contribution in [0.1, 0.15) is 111 Å². The van der Waals surface area contributed by atoms with E-state index < -0.39 is 7.60 Å². The zero-order valence-corrected chi connectivity index (χ0v) is 92.8. The first-order valence-corrected chi connectivity index (χ1v) is 19.3. The molecule has 0 bridgehead atoms. The maximum atomic E-state index is 12.6. The number of hydrogen-bond acceptors (Lipinski definition) is 6. The van der Waals surface area contributed by atoms with E-state index in [1.165, 1.54) is 37.9 Å². The van der Waals surface area contributed by atoms with Crippen molar-refractivity contribution in [1.82, 2.24) is 5.32 Å². The van der Waals surface area contributed by atoms with Gasteiger partial charge in [0.15, 0.2) is 5.79 Å². The maximum absolute atomic E-state index is 12.6. The van der Waals surface area contributed by atoms with Crippen LogP contribution in [0.4, 0.5) is 4.79 Å². The summed E-state index contributed by atoms with van der Waals surface area (Å²) in [6, 6.07) is 0. The summed E-state index contributed by atoms with van der Waals surface area (Å²) < 4.78 is 35.2. The molecule has 1 unspecified atom stereocenters. The number of hydrogen-bond donors (Lipinski definition) is 2. The van der Waals surface area contributed by atoms with E-state index in [4.69, 9.17) is 23.6 Å². The fraction of sp³-hybridized carbons (Fsp3) is 0.912. The van der Waals surface area contributed by atoms with Crippen molar-refractivity contribution in [2.75, 3.05) is 26.4 Å². The van der Waals surface area contributed by atoms with Crippen LogP contribution >= 0.6 is 7.60 Å². The smallest absolute Gasteiger partial charge is 0.407 e. The van der Waals surface area contributed by atoms with Crippen LogP contribution in [-0.4, -0.2) is 55.4 Å². The van der Waals surface area contributed by atoms with E-state index >= 15 is 0 Å². The zero-order valence-electron chi connectivity index (χ0n) is 38.0. The van der Waals surface area contributed by atoms with Crippen LogP contribution in [0.15, 0.2) is 11.6 Å². The number of amides is 1. The minimum absolute atomic E-state index is 0. The molecule has 28 heteroatoms. The predicted octanol–water partition coefficient (Wildman–Crippen LogP) is 7.55. The summed E-state index contributed by atoms with van der Waals surface area (Å²) in [5.41, 5.74) is 2.10. The van der Waals surface area contributed by atoms with E-state index in [1.54, 1.807) is 0 Å². The van der Waals surface area contributed by atoms with Gasteiger partial charge in [0.1, 0.15) is 6.10 Å². The predicted molar refractivity (Wildman–Crippen MR) is 166 cm³/mol. The third kappa shape index (κ3) is 35.3. The van der Waals surface area contributed by atoms with E-state index in [0.29, 0.717) is 42.4 Å². The van der Waals surface area contributed by atoms with Crippen LogP contribution in [0, 0.1) is 40.4 Å². The number of fused-ring (bicyclic) bond motifs is 7. The number of alkyl carbamates (subject to hydrolysis) is 1. The summed E-state index contributed by atoms with van der Waals surface area (Å²) >= 11 is 0. The average Bonchev–Trinajstić information content (AvgIpc) is 3.44. The van der Waals surface area contributed by atoms with E-state index in [9.17, 15) is 9.36 Å². The van der Waals surface area contributed by atoms with Gasteiger partial charge in [0.05, 0.1) is 19.3 Å². The summed E-state index contributed by atoms with van der Waals surface area (Å²) in [5.74, 6) is 3.14. The topological polar surface area (TPSA) is 103 Å². The van der Waals surface area contributed by atoms with Gasteiger partial charge in [-0.05, 0) is 98.2 Å². The molecule has 3 saturated carbocycles. The number of nitrogens with one attached hydrogen (secondary N) is 1. The molecule has 2 aliphatic heterocycles. The molecular formula is C34H56NO7PY19. The monoisotopic (exact) mass is 2310 g/mol. The number of rotatable bonds is 9. The molecule has 0 aromatic heterocycles. The molecule has 4 aliphatic carbocycles. The molecule has 5 fully saturated rings. The Morgan fingerprint density at radius 3 is 1.87 bits per heavy atom. The Balaban J connectivity index is -0.000000101. The maximum Gasteiger partial charge on any atom is 0.407 e. The van der Waals surface area contributed by atoms with Crippen LogP contribution in [-0.2, 0) is 645 Å². The average molecular weight is 2310 g/mol. The van der Waals surface area contributed by atoms with Gasteiger partial charge in [-0.25, -0.2) is 4.79 Å². The van der Waals surface area contributed by atoms with Gasteiger partial charge in [0.2, 0.25) is 0 Å². The van der Waals surface area contributed by atoms with Crippen molar-refractivity contribution in [2.45, 2.75) is 129 Å². The molecule has 0 aromatic carbocycles. The molecule has 6 aliphatic rings. The molecule has 1 spiro atoms. The molecule has 2 saturated heterocycles. The van der Waals surface area contributed by atoms with Crippen LogP contribution in [0.25, 0.3) is 0 Å². The summed E-state index contributed by atoms with van der Waals surface area (Å²) in [4.78, 5) is 21.7. The first-order chi connectivity index (χ1) is 20.4. The molecule has 62 heavy (non-hydrogen) atoms. The summed E-state index contributed by atoms with van der Waals surface area (Å²) in [6.07, 6.45) is 17.2. The Morgan fingerprint density at radius 2 is 1.34 bits per heavy atom. The van der Waals surface area contributed by atoms with Crippen LogP contribution < -0.4 is 5.32 Å². The Labute approximate surface area is 855 Å². The van der Waals surface area contributed by atoms with E-state index in [0.717, 1.165) is 82.7 Å². The quantitative estimate of drug-likeness (QED) is 0.140. The summed E-state index contributed by atoms with van der Waals surface area (Å²) in [7, 11) is -3.38. The molecule has 2 heterocycles. The largest absolute Gasteiger partial charge is 0.446 e. The number of carbonyl (C=O) groups excluding carboxylic acids is 1. The van der Waals surface area contributed by atoms with E-state index in [-0.39, 0.29) is 645 Å². The van der Waals surface area contributed by atoms with Gasteiger partial charge in [-0.15, -0.1) is 0 Å². The second-order valence-corrected chi connectivity index (χ2v) is 17.5. The number of carbonyl (C=O) groups is 1. The molecule has 2 N–H and O–H groups in total. The van der Waals surface area contributed by atoms with Gasteiger partial charge in [-0.2, -0.15) is 0 Å². The van der Waals surface area contributed by atoms with Crippen LogP contribution in [0.2, 0.25) is 0 Å². The second kappa shape index (κ2) is 58.7. The minimum Gasteiger partial charge on any atom is -0.446 e. The van der Waals surface area contributed by atoms with Crippen molar-refractivity contribution in [3.63, 3.8) is 0 Å². The van der Waals surface area contributed by atoms with Gasteiger partial charge in [0.25, 0.3) is 0 Å². The van der Waals surface area contributed by atoms with Gasteiger partial charge in [-0.3, -0.25) is 4.57 Å². The summed E-state index contributed by atoms with van der Waals surface area (Å²) in [6.45, 7) is 10.3. The van der Waals surface area contributed by atoms with E-state index in [1.807, 2.05) is 0 Å². The summed E-state index contributed by atoms with van der Waals surface area (Å²) in [5, 5.41) is 2.93. The van der Waals surface area contributed by atoms with Crippen molar-refractivity contribution in [2.24, 2.45) is 40.4 Å². The normalized spacial score (nSPS) is 31.1. The molecule has 1 amide bonds. The number of ether oxygens (including phenoxy) is 3. The van der Waals surface area contributed by atoms with Crippen LogP contribution in [0.5, 0.6) is 0 Å².